The Balaban J connectivity index is 2.20. The molecule has 0 radical (unpaired) electrons. The molecule has 5 heteroatoms. The van der Waals surface area contributed by atoms with Crippen molar-refractivity contribution in [1.29, 1.82) is 0 Å². The van der Waals surface area contributed by atoms with E-state index in [1.165, 1.54) is 5.56 Å². The Hall–Kier alpha value is -1.20. The monoisotopic (exact) mass is 308 g/mol. The number of nitrogens with zero attached hydrogens (tertiary/aromatic N) is 3. The number of hydrogen-bond acceptors (Lipinski definition) is 3. The van der Waals surface area contributed by atoms with Crippen LogP contribution in [0, 0.1) is 0 Å². The number of likely N-dealkylation sites (N-methyl/N-ethyl adjacent to an activating group) is 1. The minimum absolute atomic E-state index is 0.237. The Bertz CT molecular complexity index is 509. The second-order valence-electron chi connectivity index (χ2n) is 4.21. The number of aromatic nitrogens is 3. The van der Waals surface area contributed by atoms with E-state index in [1.54, 1.807) is 6.20 Å². The summed E-state index contributed by atoms with van der Waals surface area (Å²) in [5.74, 6) is 1.07. The summed E-state index contributed by atoms with van der Waals surface area (Å²) in [6, 6.07) is 2.34. The van der Waals surface area contributed by atoms with Crippen molar-refractivity contribution in [3.8, 4) is 0 Å². The summed E-state index contributed by atoms with van der Waals surface area (Å²) in [6.07, 6.45) is 8.36. The van der Waals surface area contributed by atoms with Crippen LogP contribution >= 0.6 is 15.9 Å². The lowest BCUT2D eigenvalue weighted by atomic mass is 10.1. The molecule has 0 amide bonds. The zero-order chi connectivity index (χ0) is 13.0. The van der Waals surface area contributed by atoms with Crippen molar-refractivity contribution in [3.63, 3.8) is 0 Å². The zero-order valence-electron chi connectivity index (χ0n) is 10.6. The standard InChI is InChI=1S/C13H17BrN4/c1-3-16-12(7-13-17-4-5-18(13)2)10-6-11(14)9-15-8-10/h4-6,8-9,12,16H,3,7H2,1-2H3. The molecule has 1 unspecified atom stereocenters. The molecule has 0 aliphatic rings. The van der Waals surface area contributed by atoms with Gasteiger partial charge in [-0.3, -0.25) is 4.98 Å². The quantitative estimate of drug-likeness (QED) is 0.922. The van der Waals surface area contributed by atoms with Crippen LogP contribution in [0.4, 0.5) is 0 Å². The molecule has 0 fully saturated rings. The highest BCUT2D eigenvalue weighted by Crippen LogP contribution is 2.20. The fraction of sp³-hybridized carbons (Fsp3) is 0.385. The summed E-state index contributed by atoms with van der Waals surface area (Å²) in [6.45, 7) is 3.03. The third-order valence-corrected chi connectivity index (χ3v) is 3.32. The summed E-state index contributed by atoms with van der Waals surface area (Å²) in [4.78, 5) is 8.60. The Morgan fingerprint density at radius 3 is 2.89 bits per heavy atom. The summed E-state index contributed by atoms with van der Waals surface area (Å²) in [5, 5.41) is 3.48. The summed E-state index contributed by atoms with van der Waals surface area (Å²) in [5.41, 5.74) is 1.18. The molecule has 0 saturated heterocycles. The largest absolute Gasteiger partial charge is 0.338 e. The van der Waals surface area contributed by atoms with E-state index in [0.717, 1.165) is 23.3 Å². The van der Waals surface area contributed by atoms with Crippen LogP contribution in [0.15, 0.2) is 35.3 Å². The highest BCUT2D eigenvalue weighted by molar-refractivity contribution is 9.10. The second kappa shape index (κ2) is 6.11. The summed E-state index contributed by atoms with van der Waals surface area (Å²) in [7, 11) is 2.02. The van der Waals surface area contributed by atoms with Crippen LogP contribution in [-0.2, 0) is 13.5 Å². The van der Waals surface area contributed by atoms with Gasteiger partial charge in [-0.1, -0.05) is 6.92 Å². The molecule has 0 bridgehead atoms. The molecular weight excluding hydrogens is 292 g/mol. The number of halogens is 1. The highest BCUT2D eigenvalue weighted by atomic mass is 79.9. The van der Waals surface area contributed by atoms with Crippen molar-refractivity contribution in [2.45, 2.75) is 19.4 Å². The van der Waals surface area contributed by atoms with E-state index in [4.69, 9.17) is 0 Å². The third-order valence-electron chi connectivity index (χ3n) is 2.89. The maximum atomic E-state index is 4.38. The Morgan fingerprint density at radius 1 is 1.44 bits per heavy atom. The second-order valence-corrected chi connectivity index (χ2v) is 5.12. The van der Waals surface area contributed by atoms with E-state index in [-0.39, 0.29) is 6.04 Å². The molecule has 2 aromatic heterocycles. The molecule has 2 aromatic rings. The van der Waals surface area contributed by atoms with Gasteiger partial charge in [0.05, 0.1) is 0 Å². The molecule has 1 N–H and O–H groups in total. The molecular formula is C13H17BrN4. The van der Waals surface area contributed by atoms with Gasteiger partial charge in [0.2, 0.25) is 0 Å². The lowest BCUT2D eigenvalue weighted by Gasteiger charge is -2.18. The van der Waals surface area contributed by atoms with Crippen LogP contribution in [0.1, 0.15) is 24.4 Å². The average Bonchev–Trinajstić information content (AvgIpc) is 2.74. The Labute approximate surface area is 116 Å². The molecule has 0 saturated carbocycles. The Morgan fingerprint density at radius 2 is 2.28 bits per heavy atom. The zero-order valence-corrected chi connectivity index (χ0v) is 12.2. The molecule has 2 heterocycles. The number of hydrogen-bond donors (Lipinski definition) is 1. The fourth-order valence-electron chi connectivity index (χ4n) is 1.95. The van der Waals surface area contributed by atoms with Gasteiger partial charge in [0.1, 0.15) is 5.82 Å². The van der Waals surface area contributed by atoms with Crippen LogP contribution in [-0.4, -0.2) is 21.1 Å². The van der Waals surface area contributed by atoms with Gasteiger partial charge in [0.25, 0.3) is 0 Å². The molecule has 1 atom stereocenters. The molecule has 0 spiro atoms. The number of aryl methyl sites for hydroxylation is 1. The van der Waals surface area contributed by atoms with Crippen molar-refractivity contribution in [3.05, 3.63) is 46.7 Å². The van der Waals surface area contributed by atoms with E-state index < -0.39 is 0 Å². The molecule has 18 heavy (non-hydrogen) atoms. The average molecular weight is 309 g/mol. The third kappa shape index (κ3) is 3.17. The Kier molecular flexibility index (Phi) is 4.49. The first-order valence-electron chi connectivity index (χ1n) is 6.00. The SMILES string of the molecule is CCNC(Cc1nccn1C)c1cncc(Br)c1. The number of rotatable bonds is 5. The van der Waals surface area contributed by atoms with E-state index in [1.807, 2.05) is 25.6 Å². The topological polar surface area (TPSA) is 42.7 Å². The van der Waals surface area contributed by atoms with E-state index in [0.29, 0.717) is 0 Å². The van der Waals surface area contributed by atoms with Crippen LogP contribution in [0.5, 0.6) is 0 Å². The van der Waals surface area contributed by atoms with Crippen LogP contribution in [0.3, 0.4) is 0 Å². The molecule has 2 rings (SSSR count). The van der Waals surface area contributed by atoms with Gasteiger partial charge in [0.15, 0.2) is 0 Å². The predicted molar refractivity (Wildman–Crippen MR) is 75.3 cm³/mol. The minimum Gasteiger partial charge on any atom is -0.338 e. The van der Waals surface area contributed by atoms with Gasteiger partial charge in [-0.25, -0.2) is 4.98 Å². The van der Waals surface area contributed by atoms with Gasteiger partial charge in [-0.15, -0.1) is 0 Å². The molecule has 96 valence electrons. The maximum absolute atomic E-state index is 4.38. The van der Waals surface area contributed by atoms with Crippen LogP contribution < -0.4 is 5.32 Å². The summed E-state index contributed by atoms with van der Waals surface area (Å²) >= 11 is 3.46. The smallest absolute Gasteiger partial charge is 0.110 e. The van der Waals surface area contributed by atoms with Gasteiger partial charge in [-0.2, -0.15) is 0 Å². The number of nitrogens with one attached hydrogen (secondary N) is 1. The maximum Gasteiger partial charge on any atom is 0.110 e. The minimum atomic E-state index is 0.237. The van der Waals surface area contributed by atoms with E-state index in [9.17, 15) is 0 Å². The van der Waals surface area contributed by atoms with Gasteiger partial charge in [0, 0.05) is 48.8 Å². The van der Waals surface area contributed by atoms with Crippen molar-refractivity contribution in [1.82, 2.24) is 19.9 Å². The van der Waals surface area contributed by atoms with Crippen molar-refractivity contribution in [2.75, 3.05) is 6.54 Å². The van der Waals surface area contributed by atoms with E-state index >= 15 is 0 Å². The molecule has 0 aliphatic heterocycles. The van der Waals surface area contributed by atoms with E-state index in [2.05, 4.69) is 48.8 Å². The highest BCUT2D eigenvalue weighted by Gasteiger charge is 2.14. The fourth-order valence-corrected chi connectivity index (χ4v) is 2.33. The first kappa shape index (κ1) is 13.2. The molecule has 4 nitrogen and oxygen atoms in total. The van der Waals surface area contributed by atoms with Crippen LogP contribution in [0.25, 0.3) is 0 Å². The lowest BCUT2D eigenvalue weighted by Crippen LogP contribution is -2.24. The number of pyridine rings is 1. The first-order valence-corrected chi connectivity index (χ1v) is 6.80. The normalized spacial score (nSPS) is 12.6. The molecule has 0 aromatic carbocycles. The molecule has 0 aliphatic carbocycles. The van der Waals surface area contributed by atoms with Crippen molar-refractivity contribution < 1.29 is 0 Å². The first-order chi connectivity index (χ1) is 8.70. The summed E-state index contributed by atoms with van der Waals surface area (Å²) < 4.78 is 3.05. The van der Waals surface area contributed by atoms with Crippen LogP contribution in [0.2, 0.25) is 0 Å². The van der Waals surface area contributed by atoms with Gasteiger partial charge in [-0.05, 0) is 34.1 Å². The van der Waals surface area contributed by atoms with Gasteiger partial charge < -0.3 is 9.88 Å². The van der Waals surface area contributed by atoms with Crippen molar-refractivity contribution >= 4 is 15.9 Å². The van der Waals surface area contributed by atoms with Crippen molar-refractivity contribution in [2.24, 2.45) is 7.05 Å². The number of imidazole rings is 1. The van der Waals surface area contributed by atoms with Gasteiger partial charge >= 0.3 is 0 Å². The predicted octanol–water partition coefficient (Wildman–Crippen LogP) is 2.47. The lowest BCUT2D eigenvalue weighted by molar-refractivity contribution is 0.527.